The van der Waals surface area contributed by atoms with Crippen LogP contribution in [0, 0.1) is 5.92 Å². The minimum atomic E-state index is -0.592. The zero-order valence-electron chi connectivity index (χ0n) is 11.0. The van der Waals surface area contributed by atoms with Crippen LogP contribution in [-0.2, 0) is 11.3 Å². The first kappa shape index (κ1) is 12.8. The lowest BCUT2D eigenvalue weighted by Gasteiger charge is -2.04. The summed E-state index contributed by atoms with van der Waals surface area (Å²) < 4.78 is 5.63. The van der Waals surface area contributed by atoms with Gasteiger partial charge in [0.2, 0.25) is 0 Å². The molecule has 1 amide bonds. The number of H-pyrrole nitrogens is 1. The Morgan fingerprint density at radius 3 is 2.70 bits per heavy atom. The summed E-state index contributed by atoms with van der Waals surface area (Å²) in [5, 5.41) is 10.1. The van der Waals surface area contributed by atoms with Crippen molar-refractivity contribution in [2.45, 2.75) is 19.4 Å². The van der Waals surface area contributed by atoms with Crippen molar-refractivity contribution in [3.63, 3.8) is 0 Å². The largest absolute Gasteiger partial charge is 0.376 e. The molecule has 0 aliphatic heterocycles. The van der Waals surface area contributed by atoms with Crippen molar-refractivity contribution >= 4 is 5.91 Å². The molecule has 1 fully saturated rings. The number of nitrogens with zero attached hydrogens (tertiary/aromatic N) is 2. The SMILES string of the molecule is NC(=O)c1n[nH]nc1-c1ccc(COCC2CC2)cc1. The molecule has 1 saturated carbocycles. The van der Waals surface area contributed by atoms with Crippen molar-refractivity contribution in [3.8, 4) is 11.3 Å². The van der Waals surface area contributed by atoms with Crippen LogP contribution >= 0.6 is 0 Å². The van der Waals surface area contributed by atoms with Crippen LogP contribution in [0.25, 0.3) is 11.3 Å². The summed E-state index contributed by atoms with van der Waals surface area (Å²) >= 11 is 0. The van der Waals surface area contributed by atoms with Gasteiger partial charge in [0, 0.05) is 12.2 Å². The Morgan fingerprint density at radius 2 is 2.05 bits per heavy atom. The van der Waals surface area contributed by atoms with Gasteiger partial charge in [0.15, 0.2) is 5.69 Å². The third kappa shape index (κ3) is 2.85. The van der Waals surface area contributed by atoms with Gasteiger partial charge in [0.1, 0.15) is 5.69 Å². The van der Waals surface area contributed by atoms with Crippen molar-refractivity contribution < 1.29 is 9.53 Å². The molecule has 0 atom stereocenters. The van der Waals surface area contributed by atoms with Crippen LogP contribution < -0.4 is 5.73 Å². The molecule has 1 aromatic heterocycles. The quantitative estimate of drug-likeness (QED) is 0.833. The monoisotopic (exact) mass is 272 g/mol. The number of hydrogen-bond donors (Lipinski definition) is 2. The lowest BCUT2D eigenvalue weighted by Crippen LogP contribution is -2.12. The molecule has 0 bridgehead atoms. The zero-order chi connectivity index (χ0) is 13.9. The highest BCUT2D eigenvalue weighted by Gasteiger charge is 2.21. The van der Waals surface area contributed by atoms with Crippen LogP contribution in [0.4, 0.5) is 0 Å². The zero-order valence-corrected chi connectivity index (χ0v) is 11.0. The lowest BCUT2D eigenvalue weighted by atomic mass is 10.1. The van der Waals surface area contributed by atoms with Gasteiger partial charge in [-0.1, -0.05) is 24.3 Å². The highest BCUT2D eigenvalue weighted by molar-refractivity contribution is 5.96. The number of amides is 1. The van der Waals surface area contributed by atoms with Crippen molar-refractivity contribution in [1.29, 1.82) is 0 Å². The van der Waals surface area contributed by atoms with E-state index in [0.29, 0.717) is 12.3 Å². The number of aromatic amines is 1. The van der Waals surface area contributed by atoms with Gasteiger partial charge in [0.25, 0.3) is 5.91 Å². The van der Waals surface area contributed by atoms with Gasteiger partial charge in [-0.2, -0.15) is 15.4 Å². The average Bonchev–Trinajstić information content (AvgIpc) is 3.13. The molecule has 20 heavy (non-hydrogen) atoms. The first-order valence-corrected chi connectivity index (χ1v) is 6.61. The summed E-state index contributed by atoms with van der Waals surface area (Å²) in [6.45, 7) is 1.45. The minimum Gasteiger partial charge on any atom is -0.376 e. The number of carbonyl (C=O) groups is 1. The average molecular weight is 272 g/mol. The van der Waals surface area contributed by atoms with Crippen LogP contribution in [0.2, 0.25) is 0 Å². The van der Waals surface area contributed by atoms with E-state index in [1.165, 1.54) is 12.8 Å². The Morgan fingerprint density at radius 1 is 1.30 bits per heavy atom. The summed E-state index contributed by atoms with van der Waals surface area (Å²) in [7, 11) is 0. The Hall–Kier alpha value is -2.21. The number of ether oxygens (including phenoxy) is 1. The molecule has 3 N–H and O–H groups in total. The predicted octanol–water partition coefficient (Wildman–Crippen LogP) is 1.50. The van der Waals surface area contributed by atoms with E-state index >= 15 is 0 Å². The minimum absolute atomic E-state index is 0.155. The fourth-order valence-electron chi connectivity index (χ4n) is 1.99. The molecule has 3 rings (SSSR count). The second-order valence-electron chi connectivity index (χ2n) is 5.04. The standard InChI is InChI=1S/C14H16N4O2/c15-14(19)13-12(16-18-17-13)11-5-3-10(4-6-11)8-20-7-9-1-2-9/h3-6,9H,1-2,7-8H2,(H2,15,19)(H,16,17,18). The van der Waals surface area contributed by atoms with Gasteiger partial charge in [0.05, 0.1) is 6.61 Å². The van der Waals surface area contributed by atoms with Gasteiger partial charge in [-0.15, -0.1) is 0 Å². The van der Waals surface area contributed by atoms with Crippen LogP contribution in [0.15, 0.2) is 24.3 Å². The highest BCUT2D eigenvalue weighted by atomic mass is 16.5. The van der Waals surface area contributed by atoms with Gasteiger partial charge in [-0.05, 0) is 24.3 Å². The summed E-state index contributed by atoms with van der Waals surface area (Å²) in [4.78, 5) is 11.2. The number of aromatic nitrogens is 3. The van der Waals surface area contributed by atoms with E-state index in [9.17, 15) is 4.79 Å². The fourth-order valence-corrected chi connectivity index (χ4v) is 1.99. The number of nitrogens with one attached hydrogen (secondary N) is 1. The van der Waals surface area contributed by atoms with Gasteiger partial charge in [-0.3, -0.25) is 4.79 Å². The third-order valence-corrected chi connectivity index (χ3v) is 3.33. The molecular weight excluding hydrogens is 256 g/mol. The van der Waals surface area contributed by atoms with E-state index < -0.39 is 5.91 Å². The van der Waals surface area contributed by atoms with Crippen molar-refractivity contribution in [3.05, 3.63) is 35.5 Å². The van der Waals surface area contributed by atoms with E-state index in [-0.39, 0.29) is 5.69 Å². The summed E-state index contributed by atoms with van der Waals surface area (Å²) in [5.74, 6) is 0.174. The van der Waals surface area contributed by atoms with Gasteiger partial charge >= 0.3 is 0 Å². The summed E-state index contributed by atoms with van der Waals surface area (Å²) in [6, 6.07) is 7.70. The molecule has 1 aromatic carbocycles. The van der Waals surface area contributed by atoms with Gasteiger partial charge < -0.3 is 10.5 Å². The molecule has 0 saturated heterocycles. The molecule has 0 spiro atoms. The van der Waals surface area contributed by atoms with E-state index in [1.54, 1.807) is 0 Å². The maximum atomic E-state index is 11.2. The first-order valence-electron chi connectivity index (χ1n) is 6.61. The van der Waals surface area contributed by atoms with Crippen LogP contribution in [0.3, 0.4) is 0 Å². The molecule has 1 heterocycles. The smallest absolute Gasteiger partial charge is 0.271 e. The predicted molar refractivity (Wildman–Crippen MR) is 72.7 cm³/mol. The number of primary amides is 1. The Bertz CT molecular complexity index is 602. The molecule has 6 heteroatoms. The molecule has 0 unspecified atom stereocenters. The van der Waals surface area contributed by atoms with E-state index in [0.717, 1.165) is 23.7 Å². The van der Waals surface area contributed by atoms with Crippen LogP contribution in [0.1, 0.15) is 28.9 Å². The highest BCUT2D eigenvalue weighted by Crippen LogP contribution is 2.29. The molecule has 104 valence electrons. The number of rotatable bonds is 6. The molecule has 1 aliphatic rings. The number of hydrogen-bond acceptors (Lipinski definition) is 4. The van der Waals surface area contributed by atoms with Crippen molar-refractivity contribution in [2.75, 3.05) is 6.61 Å². The van der Waals surface area contributed by atoms with Crippen LogP contribution in [0.5, 0.6) is 0 Å². The van der Waals surface area contributed by atoms with Gasteiger partial charge in [-0.25, -0.2) is 0 Å². The number of nitrogens with two attached hydrogens (primary N) is 1. The second kappa shape index (κ2) is 5.42. The topological polar surface area (TPSA) is 93.9 Å². The normalized spacial score (nSPS) is 14.4. The molecule has 2 aromatic rings. The second-order valence-corrected chi connectivity index (χ2v) is 5.04. The van der Waals surface area contributed by atoms with Crippen LogP contribution in [-0.4, -0.2) is 27.9 Å². The maximum Gasteiger partial charge on any atom is 0.271 e. The third-order valence-electron chi connectivity index (χ3n) is 3.33. The first-order chi connectivity index (χ1) is 9.74. The Balaban J connectivity index is 1.68. The van der Waals surface area contributed by atoms with Crippen molar-refractivity contribution in [1.82, 2.24) is 15.4 Å². The molecular formula is C14H16N4O2. The molecule has 6 nitrogen and oxygen atoms in total. The maximum absolute atomic E-state index is 11.2. The summed E-state index contributed by atoms with van der Waals surface area (Å²) in [5.41, 5.74) is 7.78. The lowest BCUT2D eigenvalue weighted by molar-refractivity contribution is 0.0996. The van der Waals surface area contributed by atoms with Crippen molar-refractivity contribution in [2.24, 2.45) is 11.7 Å². The van der Waals surface area contributed by atoms with E-state index in [4.69, 9.17) is 10.5 Å². The van der Waals surface area contributed by atoms with E-state index in [2.05, 4.69) is 15.4 Å². The molecule has 1 aliphatic carbocycles. The number of carbonyl (C=O) groups excluding carboxylic acids is 1. The van der Waals surface area contributed by atoms with E-state index in [1.807, 2.05) is 24.3 Å². The Labute approximate surface area is 116 Å². The molecule has 0 radical (unpaired) electrons. The fraction of sp³-hybridized carbons (Fsp3) is 0.357. The number of benzene rings is 1. The summed E-state index contributed by atoms with van der Waals surface area (Å²) in [6.07, 6.45) is 2.59. The Kier molecular flexibility index (Phi) is 3.47.